The molecule has 0 spiro atoms. The van der Waals surface area contributed by atoms with Gasteiger partial charge in [-0.2, -0.15) is 0 Å². The number of carbonyl (C=O) groups excluding carboxylic acids is 1. The van der Waals surface area contributed by atoms with Crippen LogP contribution in [0.3, 0.4) is 0 Å². The SMILES string of the molecule is CC(C)(C)C(=O)OCOP(=O)(O)C(C[n+]1cccc(F)c1)P(=O)([O-])O. The summed E-state index contributed by atoms with van der Waals surface area (Å²) in [6.45, 7) is 2.90. The van der Waals surface area contributed by atoms with Crippen molar-refractivity contribution in [2.45, 2.75) is 32.7 Å². The maximum atomic E-state index is 13.2. The van der Waals surface area contributed by atoms with Crippen molar-refractivity contribution in [3.63, 3.8) is 0 Å². The molecular weight excluding hydrogens is 379 g/mol. The lowest BCUT2D eigenvalue weighted by molar-refractivity contribution is -0.696. The average Bonchev–Trinajstić information content (AvgIpc) is 2.42. The molecule has 1 aromatic heterocycles. The number of ether oxygens (including phenoxy) is 1. The Hall–Kier alpha value is -1.15. The monoisotopic (exact) mass is 399 g/mol. The first-order chi connectivity index (χ1) is 11.2. The van der Waals surface area contributed by atoms with Crippen molar-refractivity contribution in [2.24, 2.45) is 5.41 Å². The number of nitrogens with zero attached hydrogens (tertiary/aromatic N) is 1. The molecular formula is C13H20FNO8P2. The molecule has 3 atom stereocenters. The summed E-state index contributed by atoms with van der Waals surface area (Å²) in [5.41, 5.74) is -0.898. The fourth-order valence-electron chi connectivity index (χ4n) is 1.64. The number of pyridine rings is 1. The number of esters is 1. The molecule has 0 fully saturated rings. The minimum absolute atomic E-state index is 0.715. The molecule has 0 radical (unpaired) electrons. The summed E-state index contributed by atoms with van der Waals surface area (Å²) in [7, 11) is -10.3. The maximum absolute atomic E-state index is 13.2. The molecule has 0 saturated heterocycles. The highest BCUT2D eigenvalue weighted by atomic mass is 31.2. The molecule has 0 saturated carbocycles. The Kier molecular flexibility index (Phi) is 7.03. The normalized spacial score (nSPS) is 18.0. The standard InChI is InChI=1S/C13H20FNO8P2/c1-13(2,3)12(16)22-9-23-25(20,21)11(24(17,18)19)8-15-6-4-5-10(14)7-15/h4-7,11H,8-9H2,1-3H3,(H2-,17,18,19,20,21). The van der Waals surface area contributed by atoms with E-state index in [1.165, 1.54) is 33.0 Å². The highest BCUT2D eigenvalue weighted by Crippen LogP contribution is 2.61. The van der Waals surface area contributed by atoms with E-state index in [0.29, 0.717) is 0 Å². The first-order valence-electron chi connectivity index (χ1n) is 7.06. The van der Waals surface area contributed by atoms with Crippen LogP contribution in [0.1, 0.15) is 20.8 Å². The predicted molar refractivity (Wildman–Crippen MR) is 81.5 cm³/mol. The van der Waals surface area contributed by atoms with E-state index in [0.717, 1.165) is 16.8 Å². The molecule has 12 heteroatoms. The summed E-state index contributed by atoms with van der Waals surface area (Å²) >= 11 is 0. The van der Waals surface area contributed by atoms with Crippen molar-refractivity contribution >= 4 is 21.2 Å². The summed E-state index contributed by atoms with van der Waals surface area (Å²) in [6, 6.07) is 2.33. The van der Waals surface area contributed by atoms with Crippen LogP contribution >= 0.6 is 15.2 Å². The molecule has 1 heterocycles. The van der Waals surface area contributed by atoms with Crippen LogP contribution in [0.25, 0.3) is 0 Å². The first kappa shape index (κ1) is 21.9. The van der Waals surface area contributed by atoms with Gasteiger partial charge in [0.25, 0.3) is 0 Å². The second-order valence-electron chi connectivity index (χ2n) is 6.26. The molecule has 142 valence electrons. The van der Waals surface area contributed by atoms with Crippen molar-refractivity contribution in [3.05, 3.63) is 30.3 Å². The minimum Gasteiger partial charge on any atom is -0.778 e. The zero-order valence-corrected chi connectivity index (χ0v) is 15.7. The zero-order chi connectivity index (χ0) is 19.5. The molecule has 2 N–H and O–H groups in total. The van der Waals surface area contributed by atoms with Crippen molar-refractivity contribution in [2.75, 3.05) is 6.79 Å². The van der Waals surface area contributed by atoms with E-state index < -0.39 is 51.1 Å². The van der Waals surface area contributed by atoms with Gasteiger partial charge in [-0.3, -0.25) is 13.9 Å². The van der Waals surface area contributed by atoms with Gasteiger partial charge >= 0.3 is 13.6 Å². The van der Waals surface area contributed by atoms with Crippen molar-refractivity contribution < 1.29 is 46.8 Å². The lowest BCUT2D eigenvalue weighted by atomic mass is 9.98. The Morgan fingerprint density at radius 2 is 2.00 bits per heavy atom. The van der Waals surface area contributed by atoms with E-state index in [1.807, 2.05) is 0 Å². The lowest BCUT2D eigenvalue weighted by Gasteiger charge is -2.28. The predicted octanol–water partition coefficient (Wildman–Crippen LogP) is 0.734. The molecule has 0 aliphatic carbocycles. The largest absolute Gasteiger partial charge is 0.778 e. The molecule has 0 bridgehead atoms. The highest BCUT2D eigenvalue weighted by Gasteiger charge is 2.43. The lowest BCUT2D eigenvalue weighted by Crippen LogP contribution is -2.41. The van der Waals surface area contributed by atoms with E-state index in [4.69, 9.17) is 0 Å². The Labute approximate surface area is 144 Å². The fraction of sp³-hybridized carbons (Fsp3) is 0.538. The molecule has 25 heavy (non-hydrogen) atoms. The smallest absolute Gasteiger partial charge is 0.348 e. The zero-order valence-electron chi connectivity index (χ0n) is 13.9. The van der Waals surface area contributed by atoms with Crippen LogP contribution in [-0.2, 0) is 29.7 Å². The maximum Gasteiger partial charge on any atom is 0.348 e. The Morgan fingerprint density at radius 1 is 1.40 bits per heavy atom. The molecule has 0 aliphatic rings. The molecule has 3 unspecified atom stereocenters. The minimum atomic E-state index is -5.35. The quantitative estimate of drug-likeness (QED) is 0.296. The molecule has 0 aromatic carbocycles. The summed E-state index contributed by atoms with van der Waals surface area (Å²) in [5, 5.41) is -2.26. The summed E-state index contributed by atoms with van der Waals surface area (Å²) in [4.78, 5) is 42.2. The van der Waals surface area contributed by atoms with Gasteiger partial charge in [0.15, 0.2) is 31.6 Å². The number of hydrogen-bond donors (Lipinski definition) is 2. The average molecular weight is 399 g/mol. The van der Waals surface area contributed by atoms with Crippen LogP contribution in [0.2, 0.25) is 0 Å². The van der Waals surface area contributed by atoms with Crippen molar-refractivity contribution in [1.82, 2.24) is 0 Å². The van der Waals surface area contributed by atoms with Crippen molar-refractivity contribution in [1.29, 1.82) is 0 Å². The van der Waals surface area contributed by atoms with E-state index in [-0.39, 0.29) is 0 Å². The first-order valence-corrected chi connectivity index (χ1v) is 10.3. The van der Waals surface area contributed by atoms with Gasteiger partial charge in [0, 0.05) is 6.07 Å². The highest BCUT2D eigenvalue weighted by molar-refractivity contribution is 7.70. The van der Waals surface area contributed by atoms with Crippen LogP contribution in [-0.4, -0.2) is 27.9 Å². The van der Waals surface area contributed by atoms with Gasteiger partial charge in [-0.1, -0.05) is 0 Å². The Balaban J connectivity index is 2.89. The molecule has 9 nitrogen and oxygen atoms in total. The summed E-state index contributed by atoms with van der Waals surface area (Å²) < 4.78 is 46.9. The van der Waals surface area contributed by atoms with Crippen LogP contribution < -0.4 is 9.46 Å². The third kappa shape index (κ3) is 6.93. The molecule has 1 aromatic rings. The topological polar surface area (TPSA) is 137 Å². The van der Waals surface area contributed by atoms with Crippen LogP contribution in [0.4, 0.5) is 4.39 Å². The third-order valence-electron chi connectivity index (χ3n) is 2.99. The summed E-state index contributed by atoms with van der Waals surface area (Å²) in [6.07, 6.45) is 2.12. The Bertz CT molecular complexity index is 714. The Morgan fingerprint density at radius 3 is 2.48 bits per heavy atom. The summed E-state index contributed by atoms with van der Waals surface area (Å²) in [5.74, 6) is -1.45. The van der Waals surface area contributed by atoms with E-state index in [2.05, 4.69) is 9.26 Å². The van der Waals surface area contributed by atoms with Gasteiger partial charge in [0.05, 0.1) is 5.41 Å². The van der Waals surface area contributed by atoms with Gasteiger partial charge in [0.2, 0.25) is 13.0 Å². The number of carbonyl (C=O) groups is 1. The number of hydrogen-bond acceptors (Lipinski definition) is 6. The van der Waals surface area contributed by atoms with Gasteiger partial charge in [0.1, 0.15) is 0 Å². The van der Waals surface area contributed by atoms with Crippen LogP contribution in [0, 0.1) is 11.2 Å². The molecule has 0 aliphatic heterocycles. The van der Waals surface area contributed by atoms with E-state index in [9.17, 15) is 33.0 Å². The van der Waals surface area contributed by atoms with E-state index in [1.54, 1.807) is 0 Å². The molecule has 1 rings (SSSR count). The number of aromatic nitrogens is 1. The third-order valence-corrected chi connectivity index (χ3v) is 7.05. The van der Waals surface area contributed by atoms with Crippen LogP contribution in [0.15, 0.2) is 24.5 Å². The molecule has 0 amide bonds. The van der Waals surface area contributed by atoms with Crippen molar-refractivity contribution in [3.8, 4) is 0 Å². The number of rotatable bonds is 7. The van der Waals surface area contributed by atoms with E-state index >= 15 is 0 Å². The number of halogens is 1. The van der Waals surface area contributed by atoms with Gasteiger partial charge < -0.3 is 24.0 Å². The second-order valence-corrected chi connectivity index (χ2v) is 10.4. The van der Waals surface area contributed by atoms with Gasteiger partial charge in [-0.25, -0.2) is 8.96 Å². The van der Waals surface area contributed by atoms with Gasteiger partial charge in [-0.05, 0) is 26.8 Å². The van der Waals surface area contributed by atoms with Gasteiger partial charge in [-0.15, -0.1) is 0 Å². The van der Waals surface area contributed by atoms with Crippen LogP contribution in [0.5, 0.6) is 0 Å². The fourth-order valence-corrected chi connectivity index (χ4v) is 4.48. The second kappa shape index (κ2) is 8.03.